The average Bonchev–Trinajstić information content (AvgIpc) is 2.97. The van der Waals surface area contributed by atoms with Crippen LogP contribution in [0.4, 0.5) is 5.13 Å². The largest absolute Gasteiger partial charge is 0.478 e. The van der Waals surface area contributed by atoms with Crippen molar-refractivity contribution in [2.75, 3.05) is 18.1 Å². The summed E-state index contributed by atoms with van der Waals surface area (Å²) in [4.78, 5) is 17.9. The zero-order valence-corrected chi connectivity index (χ0v) is 17.5. The topological polar surface area (TPSA) is 88.6 Å². The second-order valence-electron chi connectivity index (χ2n) is 6.76. The number of aromatic nitrogens is 1. The summed E-state index contributed by atoms with van der Waals surface area (Å²) in [6.45, 7) is 4.01. The first-order valence-electron chi connectivity index (χ1n) is 8.24. The van der Waals surface area contributed by atoms with E-state index in [-0.39, 0.29) is 12.5 Å². The maximum atomic E-state index is 12.6. The van der Waals surface area contributed by atoms with Crippen LogP contribution in [-0.2, 0) is 27.8 Å². The van der Waals surface area contributed by atoms with Crippen molar-refractivity contribution in [1.82, 2.24) is 9.29 Å². The molecule has 1 aromatic heterocycles. The predicted octanol–water partition coefficient (Wildman–Crippen LogP) is 2.91. The molecule has 0 bridgehead atoms. The monoisotopic (exact) mass is 429 g/mol. The SMILES string of the molecule is CC(C)(Oc1ccc(Cl)cc1)C(=O)Nc1nc2c(s1)CN(S(C)(=O)=O)CC2. The van der Waals surface area contributed by atoms with Crippen molar-refractivity contribution in [3.8, 4) is 5.75 Å². The zero-order chi connectivity index (χ0) is 19.8. The number of nitrogens with one attached hydrogen (secondary N) is 1. The number of benzene rings is 1. The highest BCUT2D eigenvalue weighted by molar-refractivity contribution is 7.88. The molecule has 146 valence electrons. The van der Waals surface area contributed by atoms with Crippen LogP contribution in [0.25, 0.3) is 0 Å². The lowest BCUT2D eigenvalue weighted by atomic mass is 10.1. The molecule has 2 aromatic rings. The maximum Gasteiger partial charge on any atom is 0.269 e. The van der Waals surface area contributed by atoms with Gasteiger partial charge in [0.1, 0.15) is 5.75 Å². The summed E-state index contributed by atoms with van der Waals surface area (Å²) in [5, 5.41) is 3.80. The van der Waals surface area contributed by atoms with Crippen LogP contribution in [0.3, 0.4) is 0 Å². The van der Waals surface area contributed by atoms with E-state index in [2.05, 4.69) is 10.3 Å². The molecule has 0 aliphatic carbocycles. The van der Waals surface area contributed by atoms with Crippen LogP contribution in [0.5, 0.6) is 5.75 Å². The molecule has 10 heteroatoms. The first kappa shape index (κ1) is 20.1. The number of hydrogen-bond acceptors (Lipinski definition) is 6. The first-order chi connectivity index (χ1) is 12.5. The molecule has 1 N–H and O–H groups in total. The molecular formula is C17H20ClN3O4S2. The second kappa shape index (κ2) is 7.38. The Kier molecular flexibility index (Phi) is 5.49. The molecule has 1 aliphatic rings. The lowest BCUT2D eigenvalue weighted by Gasteiger charge is -2.24. The molecule has 1 aliphatic heterocycles. The number of carbonyl (C=O) groups is 1. The lowest BCUT2D eigenvalue weighted by molar-refractivity contribution is -0.128. The smallest absolute Gasteiger partial charge is 0.269 e. The van der Waals surface area contributed by atoms with Crippen LogP contribution in [-0.4, -0.2) is 42.0 Å². The number of sulfonamides is 1. The van der Waals surface area contributed by atoms with E-state index in [9.17, 15) is 13.2 Å². The minimum Gasteiger partial charge on any atom is -0.478 e. The standard InChI is InChI=1S/C17H20ClN3O4S2/c1-17(2,25-12-6-4-11(18)5-7-12)15(22)20-16-19-13-8-9-21(27(3,23)24)10-14(13)26-16/h4-7H,8-10H2,1-3H3,(H,19,20,22). The van der Waals surface area contributed by atoms with E-state index < -0.39 is 15.6 Å². The number of carbonyl (C=O) groups excluding carboxylic acids is 1. The Bertz CT molecular complexity index is 955. The fourth-order valence-corrected chi connectivity index (χ4v) is 4.61. The Labute approximate surface area is 167 Å². The molecule has 0 spiro atoms. The molecule has 0 atom stereocenters. The maximum absolute atomic E-state index is 12.6. The number of halogens is 1. The van der Waals surface area contributed by atoms with Crippen LogP contribution in [0.1, 0.15) is 24.4 Å². The van der Waals surface area contributed by atoms with Crippen molar-refractivity contribution in [3.05, 3.63) is 39.9 Å². The van der Waals surface area contributed by atoms with E-state index in [1.165, 1.54) is 21.9 Å². The van der Waals surface area contributed by atoms with Gasteiger partial charge in [0.05, 0.1) is 11.9 Å². The Morgan fingerprint density at radius 3 is 2.63 bits per heavy atom. The minimum absolute atomic E-state index is 0.284. The first-order valence-corrected chi connectivity index (χ1v) is 11.3. The molecule has 0 saturated carbocycles. The van der Waals surface area contributed by atoms with Gasteiger partial charge >= 0.3 is 0 Å². The van der Waals surface area contributed by atoms with Crippen LogP contribution in [0.15, 0.2) is 24.3 Å². The van der Waals surface area contributed by atoms with E-state index >= 15 is 0 Å². The van der Waals surface area contributed by atoms with Gasteiger partial charge in [-0.3, -0.25) is 10.1 Å². The number of amides is 1. The summed E-state index contributed by atoms with van der Waals surface area (Å²) in [5.41, 5.74) is -0.301. The Balaban J connectivity index is 1.69. The predicted molar refractivity (Wildman–Crippen MR) is 106 cm³/mol. The molecule has 0 unspecified atom stereocenters. The number of thiazole rings is 1. The highest BCUT2D eigenvalue weighted by atomic mass is 35.5. The average molecular weight is 430 g/mol. The molecule has 1 amide bonds. The third-order valence-corrected chi connectivity index (χ3v) is 6.62. The number of rotatable bonds is 5. The highest BCUT2D eigenvalue weighted by Gasteiger charge is 2.32. The molecular weight excluding hydrogens is 410 g/mol. The van der Waals surface area contributed by atoms with Crippen molar-refractivity contribution in [3.63, 3.8) is 0 Å². The Morgan fingerprint density at radius 2 is 2.00 bits per heavy atom. The fraction of sp³-hybridized carbons (Fsp3) is 0.412. The van der Waals surface area contributed by atoms with Crippen molar-refractivity contribution < 1.29 is 17.9 Å². The van der Waals surface area contributed by atoms with E-state index in [4.69, 9.17) is 16.3 Å². The molecule has 7 nitrogen and oxygen atoms in total. The quantitative estimate of drug-likeness (QED) is 0.789. The number of anilines is 1. The van der Waals surface area contributed by atoms with Crippen LogP contribution in [0.2, 0.25) is 5.02 Å². The minimum atomic E-state index is -3.25. The summed E-state index contributed by atoms with van der Waals surface area (Å²) in [6.07, 6.45) is 1.72. The van der Waals surface area contributed by atoms with E-state index in [1.807, 2.05) is 0 Å². The fourth-order valence-electron chi connectivity index (χ4n) is 2.60. The van der Waals surface area contributed by atoms with Crippen LogP contribution < -0.4 is 10.1 Å². The lowest BCUT2D eigenvalue weighted by Crippen LogP contribution is -2.42. The third kappa shape index (κ3) is 4.78. The van der Waals surface area contributed by atoms with Crippen molar-refractivity contribution in [2.45, 2.75) is 32.4 Å². The number of fused-ring (bicyclic) bond motifs is 1. The van der Waals surface area contributed by atoms with E-state index in [1.54, 1.807) is 38.1 Å². The Morgan fingerprint density at radius 1 is 1.33 bits per heavy atom. The van der Waals surface area contributed by atoms with Gasteiger partial charge in [0, 0.05) is 29.4 Å². The second-order valence-corrected chi connectivity index (χ2v) is 10.3. The molecule has 0 saturated heterocycles. The van der Waals surface area contributed by atoms with Gasteiger partial charge in [-0.15, -0.1) is 11.3 Å². The highest BCUT2D eigenvalue weighted by Crippen LogP contribution is 2.30. The normalized spacial score (nSPS) is 15.3. The number of hydrogen-bond donors (Lipinski definition) is 1. The Hall–Kier alpha value is -1.68. The van der Waals surface area contributed by atoms with Gasteiger partial charge in [0.2, 0.25) is 10.0 Å². The number of ether oxygens (including phenoxy) is 1. The van der Waals surface area contributed by atoms with Gasteiger partial charge in [-0.1, -0.05) is 11.6 Å². The summed E-state index contributed by atoms with van der Waals surface area (Å²) < 4.78 is 30.6. The molecule has 0 fully saturated rings. The zero-order valence-electron chi connectivity index (χ0n) is 15.2. The van der Waals surface area contributed by atoms with Gasteiger partial charge in [-0.25, -0.2) is 13.4 Å². The third-order valence-electron chi connectivity index (χ3n) is 4.12. The molecule has 1 aromatic carbocycles. The van der Waals surface area contributed by atoms with Gasteiger partial charge in [-0.05, 0) is 38.1 Å². The summed E-state index contributed by atoms with van der Waals surface area (Å²) >= 11 is 7.14. The van der Waals surface area contributed by atoms with Crippen molar-refractivity contribution >= 4 is 44.0 Å². The van der Waals surface area contributed by atoms with Crippen LogP contribution in [0, 0.1) is 0 Å². The van der Waals surface area contributed by atoms with E-state index in [0.717, 1.165) is 10.6 Å². The molecule has 0 radical (unpaired) electrons. The molecule has 27 heavy (non-hydrogen) atoms. The number of nitrogens with zero attached hydrogens (tertiary/aromatic N) is 2. The van der Waals surface area contributed by atoms with Gasteiger partial charge in [-0.2, -0.15) is 4.31 Å². The van der Waals surface area contributed by atoms with Crippen molar-refractivity contribution in [1.29, 1.82) is 0 Å². The summed E-state index contributed by atoms with van der Waals surface area (Å²) in [6, 6.07) is 6.76. The van der Waals surface area contributed by atoms with E-state index in [0.29, 0.717) is 28.9 Å². The van der Waals surface area contributed by atoms with Crippen LogP contribution >= 0.6 is 22.9 Å². The molecule has 3 rings (SSSR count). The van der Waals surface area contributed by atoms with Crippen molar-refractivity contribution in [2.24, 2.45) is 0 Å². The van der Waals surface area contributed by atoms with Gasteiger partial charge in [0.15, 0.2) is 10.7 Å². The summed E-state index contributed by atoms with van der Waals surface area (Å²) in [7, 11) is -3.25. The van der Waals surface area contributed by atoms with Gasteiger partial charge in [0.25, 0.3) is 5.91 Å². The summed E-state index contributed by atoms with van der Waals surface area (Å²) in [5.74, 6) is 0.185. The van der Waals surface area contributed by atoms with Gasteiger partial charge < -0.3 is 4.74 Å². The molecule has 2 heterocycles.